The molecule has 8 heteroatoms. The van der Waals surface area contributed by atoms with Crippen LogP contribution in [0.4, 0.5) is 0 Å². The number of amides is 1. The van der Waals surface area contributed by atoms with Gasteiger partial charge in [0.15, 0.2) is 0 Å². The number of aliphatic hydroxyl groups excluding tert-OH is 3. The number of ether oxygens (including phenoxy) is 1. The molecular formula is C19H36N2O5S. The number of hydrogen-bond acceptors (Lipinski definition) is 7. The predicted octanol–water partition coefficient (Wildman–Crippen LogP) is 0.466. The summed E-state index contributed by atoms with van der Waals surface area (Å²) in [7, 11) is 0. The van der Waals surface area contributed by atoms with Crippen LogP contribution in [0.5, 0.6) is 0 Å². The Kier molecular flexibility index (Phi) is 8.83. The van der Waals surface area contributed by atoms with Crippen LogP contribution in [-0.2, 0) is 9.53 Å². The summed E-state index contributed by atoms with van der Waals surface area (Å²) in [6.07, 6.45) is 1.78. The van der Waals surface area contributed by atoms with Crippen LogP contribution in [0.2, 0.25) is 0 Å². The van der Waals surface area contributed by atoms with E-state index in [0.29, 0.717) is 5.92 Å². The number of nitrogens with one attached hydrogen (secondary N) is 2. The van der Waals surface area contributed by atoms with E-state index in [4.69, 9.17) is 4.74 Å². The van der Waals surface area contributed by atoms with Crippen LogP contribution in [-0.4, -0.2) is 76.0 Å². The second-order valence-corrected chi connectivity index (χ2v) is 9.03. The summed E-state index contributed by atoms with van der Waals surface area (Å²) in [6.45, 7) is 6.91. The molecule has 0 aliphatic carbocycles. The number of aliphatic hydroxyl groups is 3. The second kappa shape index (κ2) is 10.4. The van der Waals surface area contributed by atoms with Gasteiger partial charge >= 0.3 is 0 Å². The van der Waals surface area contributed by atoms with Crippen molar-refractivity contribution >= 4 is 17.7 Å². The zero-order valence-electron chi connectivity index (χ0n) is 16.8. The highest BCUT2D eigenvalue weighted by Crippen LogP contribution is 2.30. The van der Waals surface area contributed by atoms with Gasteiger partial charge in [-0.2, -0.15) is 0 Å². The molecule has 5 N–H and O–H groups in total. The minimum absolute atomic E-state index is 0.00262. The van der Waals surface area contributed by atoms with Crippen LogP contribution in [0.3, 0.4) is 0 Å². The lowest BCUT2D eigenvalue weighted by atomic mass is 9.84. The van der Waals surface area contributed by atoms with Gasteiger partial charge in [-0.15, -0.1) is 11.8 Å². The van der Waals surface area contributed by atoms with Gasteiger partial charge in [0.25, 0.3) is 0 Å². The molecule has 0 saturated carbocycles. The fraction of sp³-hybridized carbons (Fsp3) is 0.947. The van der Waals surface area contributed by atoms with Crippen molar-refractivity contribution in [2.45, 2.75) is 88.4 Å². The van der Waals surface area contributed by atoms with E-state index in [1.165, 1.54) is 18.2 Å². The maximum absolute atomic E-state index is 12.8. The summed E-state index contributed by atoms with van der Waals surface area (Å²) in [5.74, 6) is 0.253. The van der Waals surface area contributed by atoms with E-state index >= 15 is 0 Å². The molecule has 0 spiro atoms. The van der Waals surface area contributed by atoms with E-state index in [1.54, 1.807) is 6.26 Å². The molecule has 2 saturated heterocycles. The standard InChI is InChI=1S/C19H36N2O5S/c1-5-6-7-8-11-9-20-13(11)18(25)21-12(10(2)3)17-15(23)14(22)16(24)19(26-17)27-4/h10-17,19-20,22-24H,5-9H2,1-4H3,(H,21,25)/t11?,12?,13?,14-,15+,16+,17+,19+/m1/s1. The molecule has 2 heterocycles. The number of carbonyl (C=O) groups excluding carboxylic acids is 1. The first-order valence-corrected chi connectivity index (χ1v) is 11.4. The molecule has 0 aromatic carbocycles. The largest absolute Gasteiger partial charge is 0.388 e. The number of carbonyl (C=O) groups is 1. The average molecular weight is 405 g/mol. The Morgan fingerprint density at radius 2 is 1.93 bits per heavy atom. The van der Waals surface area contributed by atoms with E-state index in [2.05, 4.69) is 17.6 Å². The number of thioether (sulfide) groups is 1. The smallest absolute Gasteiger partial charge is 0.237 e. The van der Waals surface area contributed by atoms with Crippen molar-refractivity contribution in [1.29, 1.82) is 0 Å². The first kappa shape index (κ1) is 22.9. The van der Waals surface area contributed by atoms with Gasteiger partial charge in [0.1, 0.15) is 29.9 Å². The first-order valence-electron chi connectivity index (χ1n) is 10.1. The lowest BCUT2D eigenvalue weighted by molar-refractivity contribution is -0.208. The molecule has 8 atom stereocenters. The summed E-state index contributed by atoms with van der Waals surface area (Å²) in [5.41, 5.74) is -0.643. The van der Waals surface area contributed by atoms with Crippen molar-refractivity contribution in [3.8, 4) is 0 Å². The monoisotopic (exact) mass is 404 g/mol. The van der Waals surface area contributed by atoms with E-state index in [1.807, 2.05) is 13.8 Å². The molecule has 158 valence electrons. The van der Waals surface area contributed by atoms with Crippen LogP contribution in [0.25, 0.3) is 0 Å². The topological polar surface area (TPSA) is 111 Å². The van der Waals surface area contributed by atoms with Crippen molar-refractivity contribution in [1.82, 2.24) is 10.6 Å². The maximum Gasteiger partial charge on any atom is 0.237 e. The Morgan fingerprint density at radius 3 is 2.44 bits per heavy atom. The number of rotatable bonds is 9. The average Bonchev–Trinajstić information content (AvgIpc) is 2.61. The Balaban J connectivity index is 2.01. The van der Waals surface area contributed by atoms with E-state index in [0.717, 1.165) is 25.8 Å². The van der Waals surface area contributed by atoms with Gasteiger partial charge in [-0.05, 0) is 24.5 Å². The molecule has 0 bridgehead atoms. The van der Waals surface area contributed by atoms with Crippen molar-refractivity contribution in [3.63, 3.8) is 0 Å². The molecule has 0 aromatic rings. The first-order chi connectivity index (χ1) is 12.8. The predicted molar refractivity (Wildman–Crippen MR) is 106 cm³/mol. The van der Waals surface area contributed by atoms with Gasteiger partial charge in [-0.3, -0.25) is 4.79 Å². The Bertz CT molecular complexity index is 479. The molecule has 27 heavy (non-hydrogen) atoms. The molecule has 2 fully saturated rings. The van der Waals surface area contributed by atoms with E-state index in [-0.39, 0.29) is 17.9 Å². The SMILES string of the molecule is CCCCCC1CNC1C(=O)NC(C(C)C)[C@@H]1O[C@@H](SC)[C@@H](O)[C@H](O)[C@@H]1O. The zero-order valence-corrected chi connectivity index (χ0v) is 17.6. The highest BCUT2D eigenvalue weighted by Gasteiger charge is 2.48. The lowest BCUT2D eigenvalue weighted by Gasteiger charge is -2.45. The molecule has 2 rings (SSSR count). The van der Waals surface area contributed by atoms with E-state index < -0.39 is 35.9 Å². The van der Waals surface area contributed by atoms with Gasteiger partial charge < -0.3 is 30.7 Å². The molecule has 3 unspecified atom stereocenters. The van der Waals surface area contributed by atoms with Crippen LogP contribution < -0.4 is 10.6 Å². The van der Waals surface area contributed by atoms with Crippen molar-refractivity contribution in [2.75, 3.05) is 12.8 Å². The fourth-order valence-electron chi connectivity index (χ4n) is 3.88. The Labute approximate surface area is 166 Å². The molecule has 0 aromatic heterocycles. The van der Waals surface area contributed by atoms with Crippen LogP contribution in [0.15, 0.2) is 0 Å². The molecular weight excluding hydrogens is 368 g/mol. The third-order valence-corrected chi connectivity index (χ3v) is 6.61. The highest BCUT2D eigenvalue weighted by atomic mass is 32.2. The number of hydrogen-bond donors (Lipinski definition) is 5. The lowest BCUT2D eigenvalue weighted by Crippen LogP contribution is -2.67. The minimum Gasteiger partial charge on any atom is -0.388 e. The zero-order chi connectivity index (χ0) is 20.1. The van der Waals surface area contributed by atoms with Gasteiger partial charge in [0.2, 0.25) is 5.91 Å². The summed E-state index contributed by atoms with van der Waals surface area (Å²) in [5, 5.41) is 36.9. The molecule has 2 aliphatic rings. The Hall–Kier alpha value is -0.380. The van der Waals surface area contributed by atoms with E-state index in [9.17, 15) is 20.1 Å². The van der Waals surface area contributed by atoms with Crippen LogP contribution in [0, 0.1) is 11.8 Å². The third kappa shape index (κ3) is 5.36. The number of unbranched alkanes of at least 4 members (excludes halogenated alkanes) is 2. The van der Waals surface area contributed by atoms with Crippen LogP contribution >= 0.6 is 11.8 Å². The van der Waals surface area contributed by atoms with Crippen molar-refractivity contribution in [2.24, 2.45) is 11.8 Å². The summed E-state index contributed by atoms with van der Waals surface area (Å²) in [6, 6.07) is -0.668. The highest BCUT2D eigenvalue weighted by molar-refractivity contribution is 7.99. The normalized spacial score (nSPS) is 37.7. The maximum atomic E-state index is 12.8. The molecule has 2 aliphatic heterocycles. The molecule has 7 nitrogen and oxygen atoms in total. The minimum atomic E-state index is -1.30. The van der Waals surface area contributed by atoms with Gasteiger partial charge in [0.05, 0.1) is 12.1 Å². The molecule has 1 amide bonds. The second-order valence-electron chi connectivity index (χ2n) is 8.10. The fourth-order valence-corrected chi connectivity index (χ4v) is 4.56. The van der Waals surface area contributed by atoms with Gasteiger partial charge in [-0.25, -0.2) is 0 Å². The Morgan fingerprint density at radius 1 is 1.22 bits per heavy atom. The van der Waals surface area contributed by atoms with Crippen LogP contribution in [0.1, 0.15) is 46.5 Å². The van der Waals surface area contributed by atoms with Crippen molar-refractivity contribution < 1.29 is 24.9 Å². The third-order valence-electron chi connectivity index (χ3n) is 5.75. The quantitative estimate of drug-likeness (QED) is 0.355. The van der Waals surface area contributed by atoms with Crippen molar-refractivity contribution in [3.05, 3.63) is 0 Å². The van der Waals surface area contributed by atoms with Gasteiger partial charge in [-0.1, -0.05) is 40.0 Å². The summed E-state index contributed by atoms with van der Waals surface area (Å²) >= 11 is 1.28. The molecule has 0 radical (unpaired) electrons. The summed E-state index contributed by atoms with van der Waals surface area (Å²) < 4.78 is 5.86. The van der Waals surface area contributed by atoms with Gasteiger partial charge in [0, 0.05) is 6.54 Å². The summed E-state index contributed by atoms with van der Waals surface area (Å²) in [4.78, 5) is 12.8.